The predicted molar refractivity (Wildman–Crippen MR) is 85.4 cm³/mol. The van der Waals surface area contributed by atoms with E-state index in [1.807, 2.05) is 30.3 Å². The standard InChI is InChI=1S/C13H14N4O3S2/c1-20-10(18)9(7-8-5-3-2-4-6-8)14-11(19)15-12-16-17-13(21)22-12/h2-6,9H,7H2,1H3,(H,17,21)(H2,14,15,16,19). The summed E-state index contributed by atoms with van der Waals surface area (Å²) in [6.45, 7) is 0. The molecule has 2 amide bonds. The van der Waals surface area contributed by atoms with E-state index in [2.05, 4.69) is 20.8 Å². The molecule has 0 bridgehead atoms. The molecule has 7 nitrogen and oxygen atoms in total. The molecule has 2 rings (SSSR count). The molecule has 0 spiro atoms. The maximum absolute atomic E-state index is 11.9. The van der Waals surface area contributed by atoms with Gasteiger partial charge in [0.25, 0.3) is 0 Å². The molecular weight excluding hydrogens is 324 g/mol. The van der Waals surface area contributed by atoms with Crippen LogP contribution in [0, 0.1) is 3.95 Å². The van der Waals surface area contributed by atoms with Crippen LogP contribution in [-0.4, -0.2) is 35.3 Å². The van der Waals surface area contributed by atoms with Crippen LogP contribution in [0.4, 0.5) is 9.93 Å². The lowest BCUT2D eigenvalue weighted by Crippen LogP contribution is -2.45. The van der Waals surface area contributed by atoms with Crippen molar-refractivity contribution in [3.63, 3.8) is 0 Å². The van der Waals surface area contributed by atoms with E-state index in [1.165, 1.54) is 7.11 Å². The molecule has 0 saturated carbocycles. The maximum Gasteiger partial charge on any atom is 0.328 e. The number of methoxy groups -OCH3 is 1. The normalized spacial score (nSPS) is 11.5. The minimum absolute atomic E-state index is 0.325. The number of benzene rings is 1. The lowest BCUT2D eigenvalue weighted by Gasteiger charge is -2.16. The second-order valence-electron chi connectivity index (χ2n) is 4.28. The number of anilines is 1. The van der Waals surface area contributed by atoms with Crippen LogP contribution in [0.1, 0.15) is 5.56 Å². The number of esters is 1. The van der Waals surface area contributed by atoms with Gasteiger partial charge in [0, 0.05) is 6.42 Å². The molecule has 0 fully saturated rings. The largest absolute Gasteiger partial charge is 0.467 e. The number of aromatic amines is 1. The van der Waals surface area contributed by atoms with Crippen molar-refractivity contribution in [1.82, 2.24) is 15.5 Å². The Balaban J connectivity index is 2.01. The molecule has 1 heterocycles. The highest BCUT2D eigenvalue weighted by atomic mass is 32.1. The van der Waals surface area contributed by atoms with Crippen LogP contribution in [-0.2, 0) is 16.0 Å². The van der Waals surface area contributed by atoms with Crippen molar-refractivity contribution in [1.29, 1.82) is 0 Å². The second kappa shape index (κ2) is 7.66. The molecule has 1 aromatic carbocycles. The van der Waals surface area contributed by atoms with Gasteiger partial charge in [-0.25, -0.2) is 9.59 Å². The van der Waals surface area contributed by atoms with Crippen molar-refractivity contribution in [3.8, 4) is 0 Å². The van der Waals surface area contributed by atoms with Crippen molar-refractivity contribution in [2.45, 2.75) is 12.5 Å². The van der Waals surface area contributed by atoms with Gasteiger partial charge < -0.3 is 10.1 Å². The molecule has 1 aromatic heterocycles. The number of ether oxygens (including phenoxy) is 1. The Hall–Kier alpha value is -2.26. The topological polar surface area (TPSA) is 96.1 Å². The fourth-order valence-electron chi connectivity index (χ4n) is 1.76. The monoisotopic (exact) mass is 338 g/mol. The molecule has 0 saturated heterocycles. The SMILES string of the molecule is COC(=O)C(Cc1ccccc1)NC(=O)Nc1n[nH]c(=S)s1. The van der Waals surface area contributed by atoms with Gasteiger partial charge >= 0.3 is 12.0 Å². The van der Waals surface area contributed by atoms with Gasteiger partial charge in [-0.3, -0.25) is 10.4 Å². The summed E-state index contributed by atoms with van der Waals surface area (Å²) >= 11 is 6.00. The Morgan fingerprint density at radius 3 is 2.73 bits per heavy atom. The Morgan fingerprint density at radius 1 is 1.41 bits per heavy atom. The zero-order chi connectivity index (χ0) is 15.9. The lowest BCUT2D eigenvalue weighted by atomic mass is 10.1. The summed E-state index contributed by atoms with van der Waals surface area (Å²) in [6, 6.07) is 8.00. The molecule has 9 heteroatoms. The van der Waals surface area contributed by atoms with E-state index in [0.29, 0.717) is 15.5 Å². The number of hydrogen-bond donors (Lipinski definition) is 3. The van der Waals surface area contributed by atoms with Crippen molar-refractivity contribution in [3.05, 3.63) is 39.8 Å². The fourth-order valence-corrected chi connectivity index (χ4v) is 2.54. The smallest absolute Gasteiger partial charge is 0.328 e. The van der Waals surface area contributed by atoms with Crippen LogP contribution in [0.15, 0.2) is 30.3 Å². The molecule has 3 N–H and O–H groups in total. The van der Waals surface area contributed by atoms with Crippen molar-refractivity contribution < 1.29 is 14.3 Å². The molecule has 22 heavy (non-hydrogen) atoms. The first-order valence-corrected chi connectivity index (χ1v) is 7.55. The van der Waals surface area contributed by atoms with Crippen molar-refractivity contribution in [2.75, 3.05) is 12.4 Å². The van der Waals surface area contributed by atoms with E-state index in [4.69, 9.17) is 17.0 Å². The summed E-state index contributed by atoms with van der Waals surface area (Å²) in [5.74, 6) is -0.520. The fraction of sp³-hybridized carbons (Fsp3) is 0.231. The molecule has 0 aliphatic heterocycles. The molecule has 0 aliphatic carbocycles. The summed E-state index contributed by atoms with van der Waals surface area (Å²) in [6.07, 6.45) is 0.331. The first-order valence-electron chi connectivity index (χ1n) is 6.33. The predicted octanol–water partition coefficient (Wildman–Crippen LogP) is 2.11. The quantitative estimate of drug-likeness (QED) is 0.573. The Kier molecular flexibility index (Phi) is 5.61. The third-order valence-corrected chi connectivity index (χ3v) is 3.74. The highest BCUT2D eigenvalue weighted by Crippen LogP contribution is 2.11. The van der Waals surface area contributed by atoms with Crippen LogP contribution < -0.4 is 10.6 Å². The van der Waals surface area contributed by atoms with Crippen LogP contribution >= 0.6 is 23.6 Å². The van der Waals surface area contributed by atoms with Crippen LogP contribution in [0.3, 0.4) is 0 Å². The second-order valence-corrected chi connectivity index (χ2v) is 5.95. The highest BCUT2D eigenvalue weighted by molar-refractivity contribution is 7.73. The van der Waals surface area contributed by atoms with Crippen LogP contribution in [0.5, 0.6) is 0 Å². The van der Waals surface area contributed by atoms with Gasteiger partial charge in [-0.1, -0.05) is 41.7 Å². The molecule has 1 atom stereocenters. The van der Waals surface area contributed by atoms with Gasteiger partial charge in [-0.15, -0.1) is 5.10 Å². The number of hydrogen-bond acceptors (Lipinski definition) is 6. The molecule has 116 valence electrons. The van der Waals surface area contributed by atoms with Gasteiger partial charge in [0.1, 0.15) is 6.04 Å². The van der Waals surface area contributed by atoms with Gasteiger partial charge in [0.05, 0.1) is 7.11 Å². The average Bonchev–Trinajstić information content (AvgIpc) is 2.91. The van der Waals surface area contributed by atoms with E-state index < -0.39 is 18.0 Å². The van der Waals surface area contributed by atoms with Crippen molar-refractivity contribution in [2.24, 2.45) is 0 Å². The number of nitrogens with zero attached hydrogens (tertiary/aromatic N) is 1. The zero-order valence-corrected chi connectivity index (χ0v) is 13.3. The molecule has 0 radical (unpaired) electrons. The lowest BCUT2D eigenvalue weighted by molar-refractivity contribution is -0.142. The van der Waals surface area contributed by atoms with E-state index in [0.717, 1.165) is 16.9 Å². The molecular formula is C13H14N4O3S2. The number of carbonyl (C=O) groups excluding carboxylic acids is 2. The van der Waals surface area contributed by atoms with E-state index in [9.17, 15) is 9.59 Å². The summed E-state index contributed by atoms with van der Waals surface area (Å²) in [5, 5.41) is 11.8. The maximum atomic E-state index is 11.9. The number of aromatic nitrogens is 2. The van der Waals surface area contributed by atoms with E-state index in [1.54, 1.807) is 0 Å². The Bertz CT molecular complexity index is 699. The van der Waals surface area contributed by atoms with Gasteiger partial charge in [-0.05, 0) is 17.8 Å². The third-order valence-electron chi connectivity index (χ3n) is 2.73. The summed E-state index contributed by atoms with van der Waals surface area (Å²) in [5.41, 5.74) is 0.911. The van der Waals surface area contributed by atoms with Crippen LogP contribution in [0.2, 0.25) is 0 Å². The molecule has 2 aromatic rings. The number of urea groups is 1. The number of carbonyl (C=O) groups is 2. The Labute approximate surface area is 135 Å². The number of H-pyrrole nitrogens is 1. The first kappa shape index (κ1) is 16.1. The number of amides is 2. The van der Waals surface area contributed by atoms with Crippen LogP contribution in [0.25, 0.3) is 0 Å². The first-order chi connectivity index (χ1) is 10.6. The number of nitrogens with one attached hydrogen (secondary N) is 3. The summed E-state index contributed by atoms with van der Waals surface area (Å²) in [7, 11) is 1.28. The minimum atomic E-state index is -0.792. The summed E-state index contributed by atoms with van der Waals surface area (Å²) in [4.78, 5) is 23.7. The summed E-state index contributed by atoms with van der Waals surface area (Å²) < 4.78 is 5.17. The highest BCUT2D eigenvalue weighted by Gasteiger charge is 2.22. The minimum Gasteiger partial charge on any atom is -0.467 e. The Morgan fingerprint density at radius 2 is 2.14 bits per heavy atom. The van der Waals surface area contributed by atoms with Gasteiger partial charge in [0.2, 0.25) is 5.13 Å². The van der Waals surface area contributed by atoms with E-state index in [-0.39, 0.29) is 0 Å². The van der Waals surface area contributed by atoms with Gasteiger partial charge in [-0.2, -0.15) is 0 Å². The van der Waals surface area contributed by atoms with E-state index >= 15 is 0 Å². The average molecular weight is 338 g/mol. The number of rotatable bonds is 5. The molecule has 0 aliphatic rings. The molecule has 1 unspecified atom stereocenters. The van der Waals surface area contributed by atoms with Gasteiger partial charge in [0.15, 0.2) is 3.95 Å². The van der Waals surface area contributed by atoms with Crippen molar-refractivity contribution >= 4 is 40.7 Å². The third kappa shape index (κ3) is 4.64. The zero-order valence-electron chi connectivity index (χ0n) is 11.7.